The second-order valence-corrected chi connectivity index (χ2v) is 11.9. The van der Waals surface area contributed by atoms with Gasteiger partial charge in [-0.05, 0) is 64.9 Å². The number of hydrogen-bond acceptors (Lipinski definition) is 7. The maximum absolute atomic E-state index is 13.3. The molecule has 0 aliphatic carbocycles. The van der Waals surface area contributed by atoms with Gasteiger partial charge < -0.3 is 15.3 Å². The maximum atomic E-state index is 13.3. The first-order valence-electron chi connectivity index (χ1n) is 11.8. The van der Waals surface area contributed by atoms with E-state index in [1.807, 2.05) is 50.2 Å². The number of nitrogens with zero attached hydrogens (tertiary/aromatic N) is 5. The largest absolute Gasteiger partial charge is 0.506 e. The molecule has 2 amide bonds. The third-order valence-corrected chi connectivity index (χ3v) is 8.76. The molecule has 4 aromatic rings. The highest BCUT2D eigenvalue weighted by molar-refractivity contribution is 8.01. The van der Waals surface area contributed by atoms with Gasteiger partial charge in [0.2, 0.25) is 5.91 Å². The molecule has 6 rings (SSSR count). The lowest BCUT2D eigenvalue weighted by Crippen LogP contribution is -2.68. The molecule has 0 radical (unpaired) electrons. The SMILES string of the molecule is CC1(C)S[C@@H]2C(NC(=O)c3ccc4ccccc4c3)C(=O)N2C1c1nnnn1Cc1ccc(O)c(Cl)c1. The summed E-state index contributed by atoms with van der Waals surface area (Å²) < 4.78 is 1.24. The minimum Gasteiger partial charge on any atom is -0.506 e. The van der Waals surface area contributed by atoms with Gasteiger partial charge >= 0.3 is 0 Å². The van der Waals surface area contributed by atoms with E-state index >= 15 is 0 Å². The molecule has 3 aromatic carbocycles. The Morgan fingerprint density at radius 2 is 1.92 bits per heavy atom. The van der Waals surface area contributed by atoms with Gasteiger partial charge in [0.1, 0.15) is 23.2 Å². The fourth-order valence-electron chi connectivity index (χ4n) is 5.06. The van der Waals surface area contributed by atoms with Crippen molar-refractivity contribution in [1.82, 2.24) is 30.4 Å². The van der Waals surface area contributed by atoms with Crippen molar-refractivity contribution < 1.29 is 14.7 Å². The van der Waals surface area contributed by atoms with Gasteiger partial charge in [-0.3, -0.25) is 9.59 Å². The van der Waals surface area contributed by atoms with E-state index in [2.05, 4.69) is 20.8 Å². The molecule has 2 aliphatic rings. The lowest BCUT2D eigenvalue weighted by molar-refractivity contribution is -0.149. The van der Waals surface area contributed by atoms with E-state index in [1.165, 1.54) is 6.07 Å². The number of carbonyl (C=O) groups is 2. The van der Waals surface area contributed by atoms with Gasteiger partial charge in [-0.25, -0.2) is 4.68 Å². The number of halogens is 1. The smallest absolute Gasteiger partial charge is 0.252 e. The minimum atomic E-state index is -0.631. The molecule has 9 nitrogen and oxygen atoms in total. The van der Waals surface area contributed by atoms with E-state index in [0.717, 1.165) is 16.3 Å². The zero-order chi connectivity index (χ0) is 25.9. The molecule has 2 saturated heterocycles. The molecular formula is C26H23ClN6O3S. The third-order valence-electron chi connectivity index (χ3n) is 6.89. The van der Waals surface area contributed by atoms with Crippen molar-refractivity contribution in [2.75, 3.05) is 0 Å². The van der Waals surface area contributed by atoms with E-state index in [-0.39, 0.29) is 34.0 Å². The van der Waals surface area contributed by atoms with E-state index in [4.69, 9.17) is 11.6 Å². The molecule has 37 heavy (non-hydrogen) atoms. The summed E-state index contributed by atoms with van der Waals surface area (Å²) in [7, 11) is 0. The molecule has 3 atom stereocenters. The third kappa shape index (κ3) is 4.00. The molecule has 0 spiro atoms. The monoisotopic (exact) mass is 534 g/mol. The predicted octanol–water partition coefficient (Wildman–Crippen LogP) is 3.77. The summed E-state index contributed by atoms with van der Waals surface area (Å²) in [5.41, 5.74) is 1.33. The number of aromatic hydroxyl groups is 1. The van der Waals surface area contributed by atoms with Crippen molar-refractivity contribution in [3.63, 3.8) is 0 Å². The first-order valence-corrected chi connectivity index (χ1v) is 13.0. The van der Waals surface area contributed by atoms with Crippen LogP contribution >= 0.6 is 23.4 Å². The van der Waals surface area contributed by atoms with Crippen molar-refractivity contribution in [3.05, 3.63) is 82.6 Å². The number of phenols is 1. The Labute approximate surface area is 221 Å². The summed E-state index contributed by atoms with van der Waals surface area (Å²) in [4.78, 5) is 28.2. The van der Waals surface area contributed by atoms with Gasteiger partial charge in [0.05, 0.1) is 11.6 Å². The topological polar surface area (TPSA) is 113 Å². The van der Waals surface area contributed by atoms with Gasteiger partial charge in [-0.2, -0.15) is 0 Å². The van der Waals surface area contributed by atoms with Gasteiger partial charge in [0.15, 0.2) is 5.82 Å². The highest BCUT2D eigenvalue weighted by atomic mass is 35.5. The molecule has 0 bridgehead atoms. The summed E-state index contributed by atoms with van der Waals surface area (Å²) in [5, 5.41) is 27.0. The number of β-lactam (4-membered cyclic amide) rings is 1. The number of rotatable bonds is 5. The van der Waals surface area contributed by atoms with Crippen molar-refractivity contribution in [3.8, 4) is 5.75 Å². The first-order chi connectivity index (χ1) is 17.7. The molecule has 1 aromatic heterocycles. The fourth-order valence-corrected chi connectivity index (χ4v) is 6.89. The van der Waals surface area contributed by atoms with E-state index in [9.17, 15) is 14.7 Å². The normalized spacial score (nSPS) is 22.1. The second kappa shape index (κ2) is 8.74. The molecule has 2 fully saturated rings. The van der Waals surface area contributed by atoms with Crippen LogP contribution in [0.5, 0.6) is 5.75 Å². The average Bonchev–Trinajstić information content (AvgIpc) is 3.43. The van der Waals surface area contributed by atoms with E-state index in [0.29, 0.717) is 17.9 Å². The predicted molar refractivity (Wildman–Crippen MR) is 140 cm³/mol. The average molecular weight is 535 g/mol. The van der Waals surface area contributed by atoms with Gasteiger partial charge in [0.25, 0.3) is 5.91 Å². The van der Waals surface area contributed by atoms with Crippen LogP contribution in [0.25, 0.3) is 10.8 Å². The summed E-state index contributed by atoms with van der Waals surface area (Å²) in [5.74, 6) is 0.113. The Balaban J connectivity index is 1.22. The summed E-state index contributed by atoms with van der Waals surface area (Å²) >= 11 is 7.69. The van der Waals surface area contributed by atoms with Crippen LogP contribution in [0, 0.1) is 0 Å². The van der Waals surface area contributed by atoms with Crippen molar-refractivity contribution in [2.24, 2.45) is 0 Å². The molecule has 2 N–H and O–H groups in total. The molecule has 2 unspecified atom stereocenters. The van der Waals surface area contributed by atoms with Crippen LogP contribution in [-0.2, 0) is 11.3 Å². The number of thioether (sulfide) groups is 1. The highest BCUT2D eigenvalue weighted by Crippen LogP contribution is 2.57. The summed E-state index contributed by atoms with van der Waals surface area (Å²) in [6.07, 6.45) is 0. The Kier molecular flexibility index (Phi) is 5.61. The number of fused-ring (bicyclic) bond motifs is 2. The Hall–Kier alpha value is -3.63. The van der Waals surface area contributed by atoms with Crippen molar-refractivity contribution >= 4 is 45.9 Å². The van der Waals surface area contributed by atoms with Crippen molar-refractivity contribution in [2.45, 2.75) is 42.6 Å². The van der Waals surface area contributed by atoms with Crippen LogP contribution in [0.4, 0.5) is 0 Å². The highest BCUT2D eigenvalue weighted by Gasteiger charge is 2.63. The molecule has 2 aliphatic heterocycles. The lowest BCUT2D eigenvalue weighted by atomic mass is 9.95. The number of hydrogen-bond donors (Lipinski definition) is 2. The lowest BCUT2D eigenvalue weighted by Gasteiger charge is -2.44. The molecular weight excluding hydrogens is 512 g/mol. The summed E-state index contributed by atoms with van der Waals surface area (Å²) in [6.45, 7) is 4.42. The number of tetrazole rings is 1. The van der Waals surface area contributed by atoms with Gasteiger partial charge in [-0.1, -0.05) is 48.0 Å². The van der Waals surface area contributed by atoms with Crippen molar-refractivity contribution in [1.29, 1.82) is 0 Å². The van der Waals surface area contributed by atoms with Crippen LogP contribution in [-0.4, -0.2) is 58.2 Å². The maximum Gasteiger partial charge on any atom is 0.252 e. The summed E-state index contributed by atoms with van der Waals surface area (Å²) in [6, 6.07) is 17.3. The minimum absolute atomic E-state index is 0.00137. The number of carbonyl (C=O) groups excluding carboxylic acids is 2. The molecule has 3 heterocycles. The van der Waals surface area contributed by atoms with E-state index in [1.54, 1.807) is 39.5 Å². The number of nitrogens with one attached hydrogen (secondary N) is 1. The Morgan fingerprint density at radius 1 is 1.14 bits per heavy atom. The van der Waals surface area contributed by atoms with Crippen LogP contribution in [0.15, 0.2) is 60.7 Å². The zero-order valence-corrected chi connectivity index (χ0v) is 21.6. The van der Waals surface area contributed by atoms with E-state index < -0.39 is 10.8 Å². The Bertz CT molecular complexity index is 1560. The van der Waals surface area contributed by atoms with Crippen LogP contribution < -0.4 is 5.32 Å². The second-order valence-electron chi connectivity index (χ2n) is 9.75. The molecule has 0 saturated carbocycles. The van der Waals surface area contributed by atoms with Crippen LogP contribution in [0.1, 0.15) is 41.6 Å². The van der Waals surface area contributed by atoms with Crippen LogP contribution in [0.3, 0.4) is 0 Å². The number of benzene rings is 3. The molecule has 11 heteroatoms. The number of amides is 2. The van der Waals surface area contributed by atoms with Crippen LogP contribution in [0.2, 0.25) is 5.02 Å². The van der Waals surface area contributed by atoms with Gasteiger partial charge in [0, 0.05) is 10.3 Å². The van der Waals surface area contributed by atoms with Gasteiger partial charge in [-0.15, -0.1) is 16.9 Å². The fraction of sp³-hybridized carbons (Fsp3) is 0.269. The number of phenolic OH excluding ortho intramolecular Hbond substituents is 1. The molecule has 188 valence electrons. The zero-order valence-electron chi connectivity index (χ0n) is 20.0. The first kappa shape index (κ1) is 23.7. The quantitative estimate of drug-likeness (QED) is 0.375. The Morgan fingerprint density at radius 3 is 2.70 bits per heavy atom. The standard InChI is InChI=1S/C26H23ClN6O3S/c1-26(2)21(22-29-30-31-32(22)13-14-7-10-19(34)18(27)11-14)33-24(36)20(25(33)37-26)28-23(35)17-9-8-15-5-3-4-6-16(15)12-17/h3-12,20-21,25,34H,13H2,1-2H3,(H,28,35)/t20?,21?,25-/m1/s1. The number of aromatic nitrogens is 4.